The van der Waals surface area contributed by atoms with Gasteiger partial charge in [-0.2, -0.15) is 0 Å². The Kier molecular flexibility index (Phi) is 7.34. The zero-order valence-corrected chi connectivity index (χ0v) is 10.4. The summed E-state index contributed by atoms with van der Waals surface area (Å²) in [4.78, 5) is 11.4. The summed E-state index contributed by atoms with van der Waals surface area (Å²) in [5.74, 6) is 0.0954. The SMILES string of the molecule is CCOC(C)(C)CNC(=O)CCCNC. The van der Waals surface area contributed by atoms with Gasteiger partial charge in [0.05, 0.1) is 5.60 Å². The summed E-state index contributed by atoms with van der Waals surface area (Å²) in [6.45, 7) is 8.02. The van der Waals surface area contributed by atoms with Crippen LogP contribution >= 0.6 is 0 Å². The van der Waals surface area contributed by atoms with Crippen molar-refractivity contribution in [2.45, 2.75) is 39.2 Å². The smallest absolute Gasteiger partial charge is 0.220 e. The van der Waals surface area contributed by atoms with Gasteiger partial charge in [0, 0.05) is 19.6 Å². The molecular weight excluding hydrogens is 192 g/mol. The second-order valence-electron chi connectivity index (χ2n) is 4.18. The Labute approximate surface area is 92.8 Å². The third-order valence-corrected chi connectivity index (χ3v) is 2.08. The number of ether oxygens (including phenoxy) is 1. The van der Waals surface area contributed by atoms with E-state index in [0.717, 1.165) is 13.0 Å². The van der Waals surface area contributed by atoms with Crippen molar-refractivity contribution in [3.63, 3.8) is 0 Å². The Morgan fingerprint density at radius 2 is 2.07 bits per heavy atom. The van der Waals surface area contributed by atoms with Crippen LogP contribution in [0.2, 0.25) is 0 Å². The van der Waals surface area contributed by atoms with Crippen LogP contribution in [0.4, 0.5) is 0 Å². The molecule has 0 unspecified atom stereocenters. The van der Waals surface area contributed by atoms with Crippen molar-refractivity contribution >= 4 is 5.91 Å². The Hall–Kier alpha value is -0.610. The number of carbonyl (C=O) groups is 1. The number of amides is 1. The zero-order chi connectivity index (χ0) is 11.7. The predicted octanol–water partition coefficient (Wildman–Crippen LogP) is 0.917. The number of hydrogen-bond acceptors (Lipinski definition) is 3. The molecule has 4 heteroatoms. The average molecular weight is 216 g/mol. The molecule has 0 bridgehead atoms. The largest absolute Gasteiger partial charge is 0.374 e. The molecule has 0 atom stereocenters. The van der Waals surface area contributed by atoms with Crippen molar-refractivity contribution in [1.82, 2.24) is 10.6 Å². The molecule has 4 nitrogen and oxygen atoms in total. The van der Waals surface area contributed by atoms with Crippen LogP contribution in [0.5, 0.6) is 0 Å². The second kappa shape index (κ2) is 7.65. The maximum absolute atomic E-state index is 11.4. The molecule has 15 heavy (non-hydrogen) atoms. The van der Waals surface area contributed by atoms with E-state index in [4.69, 9.17) is 4.74 Å². The van der Waals surface area contributed by atoms with E-state index in [2.05, 4.69) is 10.6 Å². The third kappa shape index (κ3) is 8.39. The topological polar surface area (TPSA) is 50.4 Å². The van der Waals surface area contributed by atoms with Crippen molar-refractivity contribution in [2.24, 2.45) is 0 Å². The normalized spacial score (nSPS) is 11.5. The summed E-state index contributed by atoms with van der Waals surface area (Å²) in [6.07, 6.45) is 1.44. The van der Waals surface area contributed by atoms with Crippen molar-refractivity contribution < 1.29 is 9.53 Å². The molecule has 0 fully saturated rings. The van der Waals surface area contributed by atoms with E-state index in [1.807, 2.05) is 27.8 Å². The molecule has 0 heterocycles. The van der Waals surface area contributed by atoms with Crippen molar-refractivity contribution in [3.8, 4) is 0 Å². The molecule has 0 saturated heterocycles. The minimum Gasteiger partial charge on any atom is -0.374 e. The van der Waals surface area contributed by atoms with E-state index in [9.17, 15) is 4.79 Å². The van der Waals surface area contributed by atoms with Gasteiger partial charge in [-0.1, -0.05) is 0 Å². The van der Waals surface area contributed by atoms with Gasteiger partial charge < -0.3 is 15.4 Å². The highest BCUT2D eigenvalue weighted by Gasteiger charge is 2.18. The fourth-order valence-corrected chi connectivity index (χ4v) is 1.27. The third-order valence-electron chi connectivity index (χ3n) is 2.08. The Bertz CT molecular complexity index is 181. The minimum atomic E-state index is -0.270. The molecule has 0 saturated carbocycles. The van der Waals surface area contributed by atoms with Gasteiger partial charge in [-0.15, -0.1) is 0 Å². The molecule has 0 aliphatic rings. The van der Waals surface area contributed by atoms with E-state index < -0.39 is 0 Å². The van der Waals surface area contributed by atoms with Gasteiger partial charge in [-0.3, -0.25) is 4.79 Å². The highest BCUT2D eigenvalue weighted by Crippen LogP contribution is 2.06. The maximum Gasteiger partial charge on any atom is 0.220 e. The lowest BCUT2D eigenvalue weighted by Gasteiger charge is -2.24. The number of hydrogen-bond donors (Lipinski definition) is 2. The molecule has 2 N–H and O–H groups in total. The number of rotatable bonds is 8. The molecule has 0 rings (SSSR count). The van der Waals surface area contributed by atoms with E-state index in [1.54, 1.807) is 0 Å². The summed E-state index contributed by atoms with van der Waals surface area (Å²) in [5.41, 5.74) is -0.270. The first-order chi connectivity index (χ1) is 7.02. The fourth-order valence-electron chi connectivity index (χ4n) is 1.27. The Morgan fingerprint density at radius 1 is 1.40 bits per heavy atom. The lowest BCUT2D eigenvalue weighted by Crippen LogP contribution is -2.40. The highest BCUT2D eigenvalue weighted by atomic mass is 16.5. The zero-order valence-electron chi connectivity index (χ0n) is 10.4. The van der Waals surface area contributed by atoms with Gasteiger partial charge in [0.25, 0.3) is 0 Å². The van der Waals surface area contributed by atoms with Gasteiger partial charge in [0.2, 0.25) is 5.91 Å². The quantitative estimate of drug-likeness (QED) is 0.593. The summed E-state index contributed by atoms with van der Waals surface area (Å²) < 4.78 is 5.48. The first kappa shape index (κ1) is 14.4. The Morgan fingerprint density at radius 3 is 2.60 bits per heavy atom. The fraction of sp³-hybridized carbons (Fsp3) is 0.909. The molecule has 0 spiro atoms. The number of carbonyl (C=O) groups excluding carboxylic acids is 1. The van der Waals surface area contributed by atoms with E-state index >= 15 is 0 Å². The molecule has 90 valence electrons. The van der Waals surface area contributed by atoms with Gasteiger partial charge >= 0.3 is 0 Å². The second-order valence-corrected chi connectivity index (χ2v) is 4.18. The molecule has 0 radical (unpaired) electrons. The highest BCUT2D eigenvalue weighted by molar-refractivity contribution is 5.75. The average Bonchev–Trinajstić information content (AvgIpc) is 2.15. The van der Waals surface area contributed by atoms with E-state index in [0.29, 0.717) is 19.6 Å². The molecule has 0 aromatic rings. The summed E-state index contributed by atoms with van der Waals surface area (Å²) in [7, 11) is 1.89. The molecule has 0 aliphatic carbocycles. The lowest BCUT2D eigenvalue weighted by molar-refractivity contribution is -0.122. The van der Waals surface area contributed by atoms with Gasteiger partial charge in [0.15, 0.2) is 0 Å². The standard InChI is InChI=1S/C11H24N2O2/c1-5-15-11(2,3)9-13-10(14)7-6-8-12-4/h12H,5-9H2,1-4H3,(H,13,14). The van der Waals surface area contributed by atoms with Gasteiger partial charge in [-0.05, 0) is 40.8 Å². The van der Waals surface area contributed by atoms with Crippen molar-refractivity contribution in [3.05, 3.63) is 0 Å². The monoisotopic (exact) mass is 216 g/mol. The van der Waals surface area contributed by atoms with Crippen LogP contribution < -0.4 is 10.6 Å². The molecule has 0 aromatic heterocycles. The molecular formula is C11H24N2O2. The molecule has 1 amide bonds. The lowest BCUT2D eigenvalue weighted by atomic mass is 10.1. The summed E-state index contributed by atoms with van der Waals surface area (Å²) in [6, 6.07) is 0. The van der Waals surface area contributed by atoms with Gasteiger partial charge in [-0.25, -0.2) is 0 Å². The van der Waals surface area contributed by atoms with E-state index in [-0.39, 0.29) is 11.5 Å². The van der Waals surface area contributed by atoms with Crippen molar-refractivity contribution in [2.75, 3.05) is 26.7 Å². The molecule has 0 aromatic carbocycles. The van der Waals surface area contributed by atoms with Crippen LogP contribution in [0.25, 0.3) is 0 Å². The maximum atomic E-state index is 11.4. The minimum absolute atomic E-state index is 0.0954. The molecule has 0 aliphatic heterocycles. The first-order valence-corrected chi connectivity index (χ1v) is 5.57. The number of nitrogens with one attached hydrogen (secondary N) is 2. The van der Waals surface area contributed by atoms with Crippen LogP contribution in [-0.4, -0.2) is 38.3 Å². The summed E-state index contributed by atoms with van der Waals surface area (Å²) in [5, 5.41) is 5.89. The van der Waals surface area contributed by atoms with Gasteiger partial charge in [0.1, 0.15) is 0 Å². The summed E-state index contributed by atoms with van der Waals surface area (Å²) >= 11 is 0. The Balaban J connectivity index is 3.60. The van der Waals surface area contributed by atoms with E-state index in [1.165, 1.54) is 0 Å². The van der Waals surface area contributed by atoms with Crippen LogP contribution in [-0.2, 0) is 9.53 Å². The first-order valence-electron chi connectivity index (χ1n) is 5.57. The van der Waals surface area contributed by atoms with Crippen LogP contribution in [0.1, 0.15) is 33.6 Å². The van der Waals surface area contributed by atoms with Crippen LogP contribution in [0.15, 0.2) is 0 Å². The van der Waals surface area contributed by atoms with Crippen molar-refractivity contribution in [1.29, 1.82) is 0 Å². The van der Waals surface area contributed by atoms with Crippen LogP contribution in [0.3, 0.4) is 0 Å². The predicted molar refractivity (Wildman–Crippen MR) is 61.9 cm³/mol. The van der Waals surface area contributed by atoms with Crippen LogP contribution in [0, 0.1) is 0 Å².